The third kappa shape index (κ3) is 2.95. The average Bonchev–Trinajstić information content (AvgIpc) is 2.09. The Labute approximate surface area is 85.3 Å². The van der Waals surface area contributed by atoms with Gasteiger partial charge in [0.05, 0.1) is 6.10 Å². The molecule has 1 heterocycles. The first-order valence-corrected chi connectivity index (χ1v) is 4.90. The van der Waals surface area contributed by atoms with Gasteiger partial charge in [0.2, 0.25) is 0 Å². The summed E-state index contributed by atoms with van der Waals surface area (Å²) in [5.74, 6) is -0.368. The maximum Gasteiger partial charge on any atom is 0.250 e. The molecule has 1 aromatic heterocycles. The maximum absolute atomic E-state index is 13.1. The number of halogens is 2. The molecule has 0 fully saturated rings. The van der Waals surface area contributed by atoms with Gasteiger partial charge in [0, 0.05) is 10.7 Å². The molecule has 0 spiro atoms. The molecular weight excluding hydrogens is 237 g/mol. The maximum atomic E-state index is 13.1. The SMILES string of the molecule is CCC(C)Oc1ncc(Br)cc1F. The van der Waals surface area contributed by atoms with Gasteiger partial charge in [-0.05, 0) is 35.3 Å². The molecule has 1 unspecified atom stereocenters. The molecule has 0 aliphatic rings. The Morgan fingerprint density at radius 3 is 2.92 bits per heavy atom. The van der Waals surface area contributed by atoms with Gasteiger partial charge < -0.3 is 4.74 Å². The Kier molecular flexibility index (Phi) is 3.66. The van der Waals surface area contributed by atoms with Crippen molar-refractivity contribution in [2.45, 2.75) is 26.4 Å². The van der Waals surface area contributed by atoms with E-state index in [1.54, 1.807) is 0 Å². The summed E-state index contributed by atoms with van der Waals surface area (Å²) < 4.78 is 19.0. The molecule has 0 aromatic carbocycles. The van der Waals surface area contributed by atoms with E-state index in [-0.39, 0.29) is 12.0 Å². The van der Waals surface area contributed by atoms with Crippen molar-refractivity contribution in [2.24, 2.45) is 0 Å². The summed E-state index contributed by atoms with van der Waals surface area (Å²) in [6.45, 7) is 3.85. The van der Waals surface area contributed by atoms with E-state index in [0.717, 1.165) is 6.42 Å². The summed E-state index contributed by atoms with van der Waals surface area (Å²) in [5.41, 5.74) is 0. The van der Waals surface area contributed by atoms with Crippen LogP contribution in [0.3, 0.4) is 0 Å². The average molecular weight is 248 g/mol. The molecule has 0 saturated carbocycles. The van der Waals surface area contributed by atoms with Gasteiger partial charge in [0.15, 0.2) is 5.82 Å². The smallest absolute Gasteiger partial charge is 0.250 e. The number of pyridine rings is 1. The van der Waals surface area contributed by atoms with Crippen LogP contribution in [-0.2, 0) is 0 Å². The molecule has 1 atom stereocenters. The van der Waals surface area contributed by atoms with Gasteiger partial charge in [-0.1, -0.05) is 6.92 Å². The van der Waals surface area contributed by atoms with Gasteiger partial charge >= 0.3 is 0 Å². The van der Waals surface area contributed by atoms with Crippen molar-refractivity contribution in [1.29, 1.82) is 0 Å². The Morgan fingerprint density at radius 1 is 1.69 bits per heavy atom. The summed E-state index contributed by atoms with van der Waals surface area (Å²) in [7, 11) is 0. The number of rotatable bonds is 3. The lowest BCUT2D eigenvalue weighted by Crippen LogP contribution is -2.11. The highest BCUT2D eigenvalue weighted by molar-refractivity contribution is 9.10. The van der Waals surface area contributed by atoms with Gasteiger partial charge in [0.25, 0.3) is 5.88 Å². The fourth-order valence-electron chi connectivity index (χ4n) is 0.763. The van der Waals surface area contributed by atoms with E-state index in [0.29, 0.717) is 4.47 Å². The van der Waals surface area contributed by atoms with Crippen LogP contribution in [0.1, 0.15) is 20.3 Å². The van der Waals surface area contributed by atoms with Crippen LogP contribution in [0, 0.1) is 5.82 Å². The lowest BCUT2D eigenvalue weighted by molar-refractivity contribution is 0.198. The third-order valence-electron chi connectivity index (χ3n) is 1.66. The third-order valence-corrected chi connectivity index (χ3v) is 2.10. The first-order chi connectivity index (χ1) is 6.13. The van der Waals surface area contributed by atoms with Gasteiger partial charge in [-0.15, -0.1) is 0 Å². The van der Waals surface area contributed by atoms with Gasteiger partial charge in [-0.3, -0.25) is 0 Å². The second-order valence-corrected chi connectivity index (χ2v) is 3.69. The number of aromatic nitrogens is 1. The van der Waals surface area contributed by atoms with E-state index in [4.69, 9.17) is 4.74 Å². The summed E-state index contributed by atoms with van der Waals surface area (Å²) in [4.78, 5) is 3.82. The Bertz CT molecular complexity index is 293. The van der Waals surface area contributed by atoms with Crippen molar-refractivity contribution < 1.29 is 9.13 Å². The minimum atomic E-state index is -0.435. The summed E-state index contributed by atoms with van der Waals surface area (Å²) >= 11 is 3.12. The summed E-state index contributed by atoms with van der Waals surface area (Å²) in [6, 6.07) is 1.34. The van der Waals surface area contributed by atoms with E-state index in [9.17, 15) is 4.39 Å². The summed E-state index contributed by atoms with van der Waals surface area (Å²) in [6.07, 6.45) is 2.33. The van der Waals surface area contributed by atoms with Crippen LogP contribution in [0.25, 0.3) is 0 Å². The van der Waals surface area contributed by atoms with Crippen LogP contribution in [0.2, 0.25) is 0 Å². The van der Waals surface area contributed by atoms with Crippen molar-refractivity contribution in [2.75, 3.05) is 0 Å². The molecule has 13 heavy (non-hydrogen) atoms. The number of nitrogens with zero attached hydrogens (tertiary/aromatic N) is 1. The minimum absolute atomic E-state index is 0.0109. The molecule has 0 saturated heterocycles. The lowest BCUT2D eigenvalue weighted by atomic mass is 10.3. The monoisotopic (exact) mass is 247 g/mol. The fourth-order valence-corrected chi connectivity index (χ4v) is 1.07. The molecule has 4 heteroatoms. The fraction of sp³-hybridized carbons (Fsp3) is 0.444. The van der Waals surface area contributed by atoms with Crippen molar-refractivity contribution in [1.82, 2.24) is 4.98 Å². The molecular formula is C9H11BrFNO. The Morgan fingerprint density at radius 2 is 2.38 bits per heavy atom. The zero-order valence-corrected chi connectivity index (χ0v) is 9.14. The van der Waals surface area contributed by atoms with E-state index in [1.165, 1.54) is 12.3 Å². The van der Waals surface area contributed by atoms with Crippen molar-refractivity contribution in [3.8, 4) is 5.88 Å². The zero-order chi connectivity index (χ0) is 9.84. The lowest BCUT2D eigenvalue weighted by Gasteiger charge is -2.11. The van der Waals surface area contributed by atoms with E-state index >= 15 is 0 Å². The molecule has 0 bridgehead atoms. The van der Waals surface area contributed by atoms with Crippen LogP contribution < -0.4 is 4.74 Å². The summed E-state index contributed by atoms with van der Waals surface area (Å²) in [5, 5.41) is 0. The molecule has 0 radical (unpaired) electrons. The van der Waals surface area contributed by atoms with Crippen LogP contribution in [0.4, 0.5) is 4.39 Å². The van der Waals surface area contributed by atoms with E-state index in [1.807, 2.05) is 13.8 Å². The molecule has 0 N–H and O–H groups in total. The largest absolute Gasteiger partial charge is 0.473 e. The topological polar surface area (TPSA) is 22.1 Å². The molecule has 0 amide bonds. The second kappa shape index (κ2) is 4.56. The van der Waals surface area contributed by atoms with Crippen LogP contribution in [-0.4, -0.2) is 11.1 Å². The Balaban J connectivity index is 2.77. The molecule has 1 rings (SSSR count). The first-order valence-electron chi connectivity index (χ1n) is 4.11. The number of hydrogen-bond acceptors (Lipinski definition) is 2. The minimum Gasteiger partial charge on any atom is -0.473 e. The van der Waals surface area contributed by atoms with Gasteiger partial charge in [-0.25, -0.2) is 9.37 Å². The first kappa shape index (κ1) is 10.4. The predicted molar refractivity (Wildman–Crippen MR) is 52.3 cm³/mol. The molecule has 2 nitrogen and oxygen atoms in total. The molecule has 1 aromatic rings. The van der Waals surface area contributed by atoms with Gasteiger partial charge in [0.1, 0.15) is 0 Å². The number of ether oxygens (including phenoxy) is 1. The van der Waals surface area contributed by atoms with Crippen molar-refractivity contribution in [3.63, 3.8) is 0 Å². The predicted octanol–water partition coefficient (Wildman–Crippen LogP) is 3.16. The zero-order valence-electron chi connectivity index (χ0n) is 7.55. The highest BCUT2D eigenvalue weighted by atomic mass is 79.9. The van der Waals surface area contributed by atoms with Gasteiger partial charge in [-0.2, -0.15) is 0 Å². The van der Waals surface area contributed by atoms with Crippen LogP contribution in [0.15, 0.2) is 16.7 Å². The van der Waals surface area contributed by atoms with Crippen LogP contribution >= 0.6 is 15.9 Å². The Hall–Kier alpha value is -0.640. The molecule has 72 valence electrons. The van der Waals surface area contributed by atoms with E-state index < -0.39 is 5.82 Å². The van der Waals surface area contributed by atoms with Crippen LogP contribution in [0.5, 0.6) is 5.88 Å². The number of hydrogen-bond donors (Lipinski definition) is 0. The van der Waals surface area contributed by atoms with E-state index in [2.05, 4.69) is 20.9 Å². The normalized spacial score (nSPS) is 12.6. The molecule has 0 aliphatic heterocycles. The highest BCUT2D eigenvalue weighted by Gasteiger charge is 2.08. The highest BCUT2D eigenvalue weighted by Crippen LogP contribution is 2.19. The van der Waals surface area contributed by atoms with Crippen molar-refractivity contribution >= 4 is 15.9 Å². The van der Waals surface area contributed by atoms with Crippen molar-refractivity contribution in [3.05, 3.63) is 22.6 Å². The second-order valence-electron chi connectivity index (χ2n) is 2.78. The standard InChI is InChI=1S/C9H11BrFNO/c1-3-6(2)13-9-8(11)4-7(10)5-12-9/h4-6H,3H2,1-2H3. The molecule has 0 aliphatic carbocycles. The quantitative estimate of drug-likeness (QED) is 0.819.